The van der Waals surface area contributed by atoms with Gasteiger partial charge in [-0.1, -0.05) is 6.92 Å². The van der Waals surface area contributed by atoms with E-state index in [1.54, 1.807) is 13.8 Å². The van der Waals surface area contributed by atoms with Crippen molar-refractivity contribution in [1.82, 2.24) is 0 Å². The van der Waals surface area contributed by atoms with Crippen molar-refractivity contribution in [2.24, 2.45) is 5.18 Å². The maximum atomic E-state index is 11.2. The minimum atomic E-state index is -0.639. The number of rotatable bonds is 5. The highest BCUT2D eigenvalue weighted by Gasteiger charge is 2.18. The fourth-order valence-corrected chi connectivity index (χ4v) is 1.49. The number of phenolic OH excluding ortho intramolecular Hbond substituents is 1. The normalized spacial score (nSPS) is 11.7. The van der Waals surface area contributed by atoms with E-state index in [0.717, 1.165) is 0 Å². The van der Waals surface area contributed by atoms with Crippen LogP contribution in [0.3, 0.4) is 0 Å². The van der Waals surface area contributed by atoms with Crippen LogP contribution < -0.4 is 4.74 Å². The number of hydrogen-bond donors (Lipinski definition) is 1. The molecule has 0 aliphatic carbocycles. The molecule has 18 heavy (non-hydrogen) atoms. The Kier molecular flexibility index (Phi) is 4.65. The van der Waals surface area contributed by atoms with Crippen LogP contribution in [0.25, 0.3) is 0 Å². The van der Waals surface area contributed by atoms with E-state index in [-0.39, 0.29) is 29.6 Å². The predicted molar refractivity (Wildman–Crippen MR) is 64.9 cm³/mol. The lowest BCUT2D eigenvalue weighted by Gasteiger charge is -2.15. The van der Waals surface area contributed by atoms with E-state index in [1.807, 2.05) is 0 Å². The average Bonchev–Trinajstić information content (AvgIpc) is 2.37. The van der Waals surface area contributed by atoms with Gasteiger partial charge in [-0.25, -0.2) is 0 Å². The fraction of sp³-hybridized carbons (Fsp3) is 0.417. The summed E-state index contributed by atoms with van der Waals surface area (Å²) in [6.45, 7) is 3.29. The van der Waals surface area contributed by atoms with Crippen molar-refractivity contribution in [2.75, 3.05) is 7.11 Å². The van der Waals surface area contributed by atoms with Crippen molar-refractivity contribution in [3.8, 4) is 11.5 Å². The molecule has 0 amide bonds. The zero-order chi connectivity index (χ0) is 13.7. The lowest BCUT2D eigenvalue weighted by atomic mass is 10.1. The minimum absolute atomic E-state index is 0.0182. The highest BCUT2D eigenvalue weighted by atomic mass is 16.5. The van der Waals surface area contributed by atoms with Crippen LogP contribution >= 0.6 is 0 Å². The second kappa shape index (κ2) is 6.00. The fourth-order valence-electron chi connectivity index (χ4n) is 1.49. The molecule has 0 aromatic heterocycles. The number of nitroso groups, excluding NO2 is 1. The topological polar surface area (TPSA) is 85.2 Å². The quantitative estimate of drug-likeness (QED) is 0.644. The van der Waals surface area contributed by atoms with Gasteiger partial charge in [0, 0.05) is 18.1 Å². The number of aromatic hydroxyl groups is 1. The van der Waals surface area contributed by atoms with Crippen molar-refractivity contribution < 1.29 is 19.4 Å². The Labute approximate surface area is 104 Å². The van der Waals surface area contributed by atoms with Crippen LogP contribution in [-0.2, 0) is 9.53 Å². The zero-order valence-corrected chi connectivity index (χ0v) is 10.5. The first kappa shape index (κ1) is 14.0. The Morgan fingerprint density at radius 3 is 2.67 bits per heavy atom. The van der Waals surface area contributed by atoms with Crippen LogP contribution in [0.1, 0.15) is 31.9 Å². The van der Waals surface area contributed by atoms with Crippen molar-refractivity contribution in [1.29, 1.82) is 0 Å². The summed E-state index contributed by atoms with van der Waals surface area (Å²) >= 11 is 0. The predicted octanol–water partition coefficient (Wildman–Crippen LogP) is 2.81. The van der Waals surface area contributed by atoms with Crippen LogP contribution in [0.2, 0.25) is 0 Å². The first-order valence-electron chi connectivity index (χ1n) is 5.47. The molecule has 0 heterocycles. The van der Waals surface area contributed by atoms with E-state index in [0.29, 0.717) is 5.56 Å². The lowest BCUT2D eigenvalue weighted by Crippen LogP contribution is -2.07. The van der Waals surface area contributed by atoms with Crippen molar-refractivity contribution in [3.05, 3.63) is 22.6 Å². The number of esters is 1. The van der Waals surface area contributed by atoms with Gasteiger partial charge in [-0.3, -0.25) is 4.79 Å². The molecule has 0 aliphatic heterocycles. The van der Waals surface area contributed by atoms with Crippen molar-refractivity contribution in [3.63, 3.8) is 0 Å². The number of benzene rings is 1. The zero-order valence-electron chi connectivity index (χ0n) is 10.5. The molecule has 1 atom stereocenters. The molecule has 0 saturated heterocycles. The Balaban J connectivity index is 3.12. The summed E-state index contributed by atoms with van der Waals surface area (Å²) < 4.78 is 10.0. The molecule has 0 saturated carbocycles. The molecule has 0 radical (unpaired) electrons. The monoisotopic (exact) mass is 253 g/mol. The summed E-state index contributed by atoms with van der Waals surface area (Å²) in [6.07, 6.45) is -0.400. The molecule has 0 spiro atoms. The van der Waals surface area contributed by atoms with E-state index in [9.17, 15) is 14.8 Å². The third-order valence-corrected chi connectivity index (χ3v) is 2.46. The number of carbonyl (C=O) groups excluding carboxylic acids is 1. The molecule has 6 heteroatoms. The summed E-state index contributed by atoms with van der Waals surface area (Å²) in [5.41, 5.74) is 0.408. The first-order valence-corrected chi connectivity index (χ1v) is 5.47. The number of hydrogen-bond acceptors (Lipinski definition) is 6. The Morgan fingerprint density at radius 2 is 2.17 bits per heavy atom. The molecule has 1 rings (SSSR count). The SMILES string of the molecule is CCC(=O)OC(C)c1cc(OC)c(O)cc1N=O. The maximum absolute atomic E-state index is 11.2. The van der Waals surface area contributed by atoms with Gasteiger partial charge >= 0.3 is 5.97 Å². The second-order valence-electron chi connectivity index (χ2n) is 3.66. The molecule has 1 N–H and O–H groups in total. The second-order valence-corrected chi connectivity index (χ2v) is 3.66. The standard InChI is InChI=1S/C12H15NO5/c1-4-12(15)18-7(2)8-5-11(17-3)10(14)6-9(8)13-16/h5-7,14H,4H2,1-3H3. The highest BCUT2D eigenvalue weighted by molar-refractivity contribution is 5.69. The van der Waals surface area contributed by atoms with Crippen LogP contribution in [0.4, 0.5) is 5.69 Å². The molecule has 0 aliphatic rings. The smallest absolute Gasteiger partial charge is 0.306 e. The molecular weight excluding hydrogens is 238 g/mol. The van der Waals surface area contributed by atoms with E-state index in [4.69, 9.17) is 9.47 Å². The van der Waals surface area contributed by atoms with E-state index >= 15 is 0 Å². The molecule has 6 nitrogen and oxygen atoms in total. The number of methoxy groups -OCH3 is 1. The molecule has 1 unspecified atom stereocenters. The van der Waals surface area contributed by atoms with Gasteiger partial charge in [0.15, 0.2) is 11.5 Å². The molecule has 1 aromatic carbocycles. The number of ether oxygens (including phenoxy) is 2. The third-order valence-electron chi connectivity index (χ3n) is 2.46. The Hall–Kier alpha value is -2.11. The van der Waals surface area contributed by atoms with Gasteiger partial charge in [0.25, 0.3) is 0 Å². The van der Waals surface area contributed by atoms with E-state index in [2.05, 4.69) is 5.18 Å². The molecule has 98 valence electrons. The van der Waals surface area contributed by atoms with Gasteiger partial charge in [0.05, 0.1) is 7.11 Å². The average molecular weight is 253 g/mol. The van der Waals surface area contributed by atoms with Gasteiger partial charge in [0.2, 0.25) is 0 Å². The van der Waals surface area contributed by atoms with Gasteiger partial charge in [-0.2, -0.15) is 0 Å². The van der Waals surface area contributed by atoms with Crippen LogP contribution in [-0.4, -0.2) is 18.2 Å². The summed E-state index contributed by atoms with van der Waals surface area (Å²) in [5.74, 6) is -0.381. The van der Waals surface area contributed by atoms with E-state index in [1.165, 1.54) is 19.2 Å². The lowest BCUT2D eigenvalue weighted by molar-refractivity contribution is -0.148. The first-order chi connectivity index (χ1) is 8.53. The minimum Gasteiger partial charge on any atom is -0.504 e. The highest BCUT2D eigenvalue weighted by Crippen LogP contribution is 2.37. The number of nitrogens with zero attached hydrogens (tertiary/aromatic N) is 1. The summed E-state index contributed by atoms with van der Waals surface area (Å²) in [5, 5.41) is 12.3. The van der Waals surface area contributed by atoms with Gasteiger partial charge in [0.1, 0.15) is 11.8 Å². The van der Waals surface area contributed by atoms with Crippen LogP contribution in [0, 0.1) is 4.91 Å². The Bertz CT molecular complexity index is 458. The van der Waals surface area contributed by atoms with Gasteiger partial charge < -0.3 is 14.6 Å². The van der Waals surface area contributed by atoms with E-state index < -0.39 is 6.10 Å². The van der Waals surface area contributed by atoms with Gasteiger partial charge in [-0.15, -0.1) is 4.91 Å². The third kappa shape index (κ3) is 2.97. The molecule has 1 aromatic rings. The number of carbonyl (C=O) groups is 1. The summed E-state index contributed by atoms with van der Waals surface area (Å²) in [6, 6.07) is 2.61. The van der Waals surface area contributed by atoms with Crippen molar-refractivity contribution in [2.45, 2.75) is 26.4 Å². The van der Waals surface area contributed by atoms with Crippen LogP contribution in [0.5, 0.6) is 11.5 Å². The molecule has 0 fully saturated rings. The summed E-state index contributed by atoms with van der Waals surface area (Å²) in [4.78, 5) is 21.9. The molecular formula is C12H15NO5. The Morgan fingerprint density at radius 1 is 1.50 bits per heavy atom. The largest absolute Gasteiger partial charge is 0.504 e. The van der Waals surface area contributed by atoms with Crippen molar-refractivity contribution >= 4 is 11.7 Å². The summed E-state index contributed by atoms with van der Waals surface area (Å²) in [7, 11) is 1.38. The number of phenols is 1. The maximum Gasteiger partial charge on any atom is 0.306 e. The van der Waals surface area contributed by atoms with Crippen LogP contribution in [0.15, 0.2) is 17.3 Å². The van der Waals surface area contributed by atoms with Gasteiger partial charge in [-0.05, 0) is 18.2 Å². The molecule has 0 bridgehead atoms.